The number of nitrogens with zero attached hydrogens (tertiary/aromatic N) is 2. The van der Waals surface area contributed by atoms with Crippen LogP contribution in [-0.2, 0) is 24.1 Å². The first-order valence-corrected chi connectivity index (χ1v) is 12.7. The van der Waals surface area contributed by atoms with E-state index >= 15 is 0 Å². The number of fused-ring (bicyclic) bond motifs is 2. The second-order valence-electron chi connectivity index (χ2n) is 9.28. The average molecular weight is 488 g/mol. The van der Waals surface area contributed by atoms with Crippen LogP contribution in [0.25, 0.3) is 11.0 Å². The van der Waals surface area contributed by atoms with Crippen molar-refractivity contribution in [3.05, 3.63) is 63.0 Å². The van der Waals surface area contributed by atoms with E-state index in [2.05, 4.69) is 11.1 Å². The minimum absolute atomic E-state index is 0.0740. The number of benzene rings is 2. The second kappa shape index (κ2) is 9.85. The van der Waals surface area contributed by atoms with Gasteiger partial charge in [0.15, 0.2) is 0 Å². The molecule has 0 saturated heterocycles. The van der Waals surface area contributed by atoms with Crippen molar-refractivity contribution in [1.82, 2.24) is 14.5 Å². The van der Waals surface area contributed by atoms with Gasteiger partial charge in [-0.1, -0.05) is 29.8 Å². The highest BCUT2D eigenvalue weighted by atomic mass is 35.5. The molecule has 2 heterocycles. The fourth-order valence-corrected chi connectivity index (χ4v) is 5.58. The van der Waals surface area contributed by atoms with E-state index in [1.165, 1.54) is 11.1 Å². The highest BCUT2D eigenvalue weighted by Gasteiger charge is 2.25. The molecular formula is C25H30ClN3O3S. The molecule has 0 unspecified atom stereocenters. The van der Waals surface area contributed by atoms with Crippen molar-refractivity contribution in [3.8, 4) is 0 Å². The summed E-state index contributed by atoms with van der Waals surface area (Å²) in [5.41, 5.74) is 3.67. The van der Waals surface area contributed by atoms with E-state index in [0.717, 1.165) is 46.0 Å². The first-order chi connectivity index (χ1) is 15.7. The summed E-state index contributed by atoms with van der Waals surface area (Å²) in [7, 11) is 0. The van der Waals surface area contributed by atoms with Crippen molar-refractivity contribution in [2.24, 2.45) is 0 Å². The number of carbonyl (C=O) groups excluding carboxylic acids is 1. The van der Waals surface area contributed by atoms with Crippen molar-refractivity contribution >= 4 is 40.5 Å². The number of thioether (sulfide) groups is 1. The molecule has 33 heavy (non-hydrogen) atoms. The van der Waals surface area contributed by atoms with Gasteiger partial charge in [0, 0.05) is 24.5 Å². The fraction of sp³-hybridized carbons (Fsp3) is 0.440. The Morgan fingerprint density at radius 3 is 2.70 bits per heavy atom. The zero-order valence-electron chi connectivity index (χ0n) is 19.3. The van der Waals surface area contributed by atoms with Crippen LogP contribution in [0.4, 0.5) is 4.79 Å². The van der Waals surface area contributed by atoms with Gasteiger partial charge >= 0.3 is 11.8 Å². The standard InChI is InChI=1S/C25H30ClN3O3S/c1-25(2,3)32-24(31)28-14-11-17-9-10-19(26)22(18(17)12-15-28)33-16-6-13-29-21-8-5-4-7-20(21)27-23(29)30/h4-5,7-10H,6,11-16H2,1-3H3,(H,27,30). The van der Waals surface area contributed by atoms with E-state index in [-0.39, 0.29) is 11.8 Å². The first-order valence-electron chi connectivity index (χ1n) is 11.3. The molecule has 0 saturated carbocycles. The number of aryl methyl sites for hydroxylation is 1. The molecule has 0 radical (unpaired) electrons. The summed E-state index contributed by atoms with van der Waals surface area (Å²) >= 11 is 8.33. The number of halogens is 1. The Labute approximate surface area is 203 Å². The number of ether oxygens (including phenoxy) is 1. The Morgan fingerprint density at radius 1 is 1.15 bits per heavy atom. The maximum absolute atomic E-state index is 12.6. The largest absolute Gasteiger partial charge is 0.444 e. The molecule has 1 aromatic heterocycles. The van der Waals surface area contributed by atoms with Crippen LogP contribution in [0.5, 0.6) is 0 Å². The van der Waals surface area contributed by atoms with Crippen LogP contribution in [0.1, 0.15) is 38.3 Å². The molecule has 3 aromatic rings. The van der Waals surface area contributed by atoms with E-state index in [0.29, 0.717) is 19.6 Å². The molecule has 0 fully saturated rings. The smallest absolute Gasteiger partial charge is 0.410 e. The number of hydrogen-bond donors (Lipinski definition) is 1. The lowest BCUT2D eigenvalue weighted by molar-refractivity contribution is 0.0258. The SMILES string of the molecule is CC(C)(C)OC(=O)N1CCc2ccc(Cl)c(SCCCn3c(=O)[nH]c4ccccc43)c2CC1. The van der Waals surface area contributed by atoms with E-state index in [1.54, 1.807) is 21.2 Å². The third-order valence-corrected chi connectivity index (χ3v) is 7.37. The molecule has 8 heteroatoms. The number of imidazole rings is 1. The predicted octanol–water partition coefficient (Wildman–Crippen LogP) is 5.50. The van der Waals surface area contributed by atoms with Gasteiger partial charge in [0.2, 0.25) is 0 Å². The van der Waals surface area contributed by atoms with E-state index < -0.39 is 5.60 Å². The molecule has 1 aliphatic rings. The Morgan fingerprint density at radius 2 is 1.91 bits per heavy atom. The lowest BCUT2D eigenvalue weighted by Gasteiger charge is -2.26. The van der Waals surface area contributed by atoms with Gasteiger partial charge in [-0.25, -0.2) is 9.59 Å². The first kappa shape index (κ1) is 23.8. The van der Waals surface area contributed by atoms with Crippen molar-refractivity contribution in [3.63, 3.8) is 0 Å². The molecule has 2 aromatic carbocycles. The van der Waals surface area contributed by atoms with Crippen LogP contribution in [0.3, 0.4) is 0 Å². The van der Waals surface area contributed by atoms with Crippen LogP contribution < -0.4 is 5.69 Å². The topological polar surface area (TPSA) is 67.3 Å². The molecule has 176 valence electrons. The number of aromatic amines is 1. The summed E-state index contributed by atoms with van der Waals surface area (Å²) in [4.78, 5) is 30.6. The zero-order chi connectivity index (χ0) is 23.6. The fourth-order valence-electron chi connectivity index (χ4n) is 4.15. The van der Waals surface area contributed by atoms with Crippen molar-refractivity contribution in [1.29, 1.82) is 0 Å². The molecule has 1 amide bonds. The third-order valence-electron chi connectivity index (χ3n) is 5.70. The van der Waals surface area contributed by atoms with Crippen LogP contribution in [0.2, 0.25) is 5.02 Å². The molecule has 0 aliphatic carbocycles. The zero-order valence-corrected chi connectivity index (χ0v) is 20.9. The Balaban J connectivity index is 1.41. The molecule has 1 N–H and O–H groups in total. The maximum atomic E-state index is 12.6. The van der Waals surface area contributed by atoms with E-state index in [4.69, 9.17) is 16.3 Å². The van der Waals surface area contributed by atoms with Gasteiger partial charge in [0.25, 0.3) is 0 Å². The van der Waals surface area contributed by atoms with E-state index in [1.807, 2.05) is 51.1 Å². The van der Waals surface area contributed by atoms with Crippen LogP contribution in [0.15, 0.2) is 46.1 Å². The quantitative estimate of drug-likeness (QED) is 0.381. The number of nitrogens with one attached hydrogen (secondary N) is 1. The van der Waals surface area contributed by atoms with Gasteiger partial charge in [-0.05, 0) is 75.1 Å². The number of rotatable bonds is 5. The third kappa shape index (κ3) is 5.58. The summed E-state index contributed by atoms with van der Waals surface area (Å²) in [5, 5.41) is 0.744. The predicted molar refractivity (Wildman–Crippen MR) is 135 cm³/mol. The Kier molecular flexibility index (Phi) is 7.10. The number of para-hydroxylation sites is 2. The lowest BCUT2D eigenvalue weighted by atomic mass is 10.0. The van der Waals surface area contributed by atoms with Crippen molar-refractivity contribution < 1.29 is 9.53 Å². The molecule has 0 atom stereocenters. The average Bonchev–Trinajstić information content (AvgIpc) is 2.92. The van der Waals surface area contributed by atoms with Crippen LogP contribution >= 0.6 is 23.4 Å². The van der Waals surface area contributed by atoms with Crippen molar-refractivity contribution in [2.75, 3.05) is 18.8 Å². The molecule has 6 nitrogen and oxygen atoms in total. The van der Waals surface area contributed by atoms with Gasteiger partial charge in [-0.2, -0.15) is 0 Å². The molecular weight excluding hydrogens is 458 g/mol. The van der Waals surface area contributed by atoms with Gasteiger partial charge in [0.1, 0.15) is 5.60 Å². The number of aromatic nitrogens is 2. The second-order valence-corrected chi connectivity index (χ2v) is 10.8. The van der Waals surface area contributed by atoms with Crippen LogP contribution in [-0.4, -0.2) is 45.0 Å². The van der Waals surface area contributed by atoms with Gasteiger partial charge in [-0.15, -0.1) is 11.8 Å². The van der Waals surface area contributed by atoms with Gasteiger partial charge in [0.05, 0.1) is 16.1 Å². The summed E-state index contributed by atoms with van der Waals surface area (Å²) in [5.74, 6) is 0.845. The minimum atomic E-state index is -0.507. The highest BCUT2D eigenvalue weighted by Crippen LogP contribution is 2.35. The summed E-state index contributed by atoms with van der Waals surface area (Å²) < 4.78 is 7.36. The summed E-state index contributed by atoms with van der Waals surface area (Å²) in [6, 6.07) is 11.8. The van der Waals surface area contributed by atoms with Gasteiger partial charge < -0.3 is 14.6 Å². The highest BCUT2D eigenvalue weighted by molar-refractivity contribution is 7.99. The maximum Gasteiger partial charge on any atom is 0.410 e. The monoisotopic (exact) mass is 487 g/mol. The number of H-pyrrole nitrogens is 1. The molecule has 0 spiro atoms. The molecule has 1 aliphatic heterocycles. The Hall–Kier alpha value is -2.38. The normalized spacial score (nSPS) is 14.2. The summed E-state index contributed by atoms with van der Waals surface area (Å²) in [6.07, 6.45) is 2.11. The van der Waals surface area contributed by atoms with E-state index in [9.17, 15) is 9.59 Å². The summed E-state index contributed by atoms with van der Waals surface area (Å²) in [6.45, 7) is 7.55. The number of amides is 1. The Bertz CT molecular complexity index is 1210. The van der Waals surface area contributed by atoms with Gasteiger partial charge in [-0.3, -0.25) is 4.57 Å². The number of hydrogen-bond acceptors (Lipinski definition) is 4. The lowest BCUT2D eigenvalue weighted by Crippen LogP contribution is -2.38. The van der Waals surface area contributed by atoms with Crippen LogP contribution in [0, 0.1) is 0 Å². The van der Waals surface area contributed by atoms with Crippen molar-refractivity contribution in [2.45, 2.75) is 57.1 Å². The molecule has 0 bridgehead atoms. The number of carbonyl (C=O) groups is 1. The minimum Gasteiger partial charge on any atom is -0.444 e. The molecule has 4 rings (SSSR count).